The summed E-state index contributed by atoms with van der Waals surface area (Å²) in [5.41, 5.74) is 1.25. The Morgan fingerprint density at radius 2 is 2.14 bits per heavy atom. The molecule has 0 radical (unpaired) electrons. The van der Waals surface area contributed by atoms with E-state index in [1.54, 1.807) is 42.0 Å². The highest BCUT2D eigenvalue weighted by molar-refractivity contribution is 5.95. The normalized spacial score (nSPS) is 17.1. The number of aliphatic carboxylic acids is 1. The Morgan fingerprint density at radius 3 is 2.86 bits per heavy atom. The molecule has 0 saturated carbocycles. The number of carboxylic acid groups (broad SMARTS) is 1. The largest absolute Gasteiger partial charge is 0.480 e. The van der Waals surface area contributed by atoms with Crippen molar-refractivity contribution in [3.05, 3.63) is 47.5 Å². The number of likely N-dealkylation sites (N-methyl/N-ethyl adjacent to an activating group) is 1. The number of halogens is 1. The highest BCUT2D eigenvalue weighted by Crippen LogP contribution is 2.19. The van der Waals surface area contributed by atoms with Crippen LogP contribution in [0.4, 0.5) is 4.39 Å². The van der Waals surface area contributed by atoms with Crippen molar-refractivity contribution in [2.24, 2.45) is 0 Å². The van der Waals surface area contributed by atoms with E-state index in [1.807, 2.05) is 0 Å². The maximum atomic E-state index is 14.1. The molecule has 1 amide bonds. The van der Waals surface area contributed by atoms with Gasteiger partial charge < -0.3 is 14.7 Å². The van der Waals surface area contributed by atoms with E-state index in [4.69, 9.17) is 9.84 Å². The smallest absolute Gasteiger partial charge is 0.317 e. The second-order valence-electron chi connectivity index (χ2n) is 6.84. The van der Waals surface area contributed by atoms with Crippen LogP contribution in [0.3, 0.4) is 0 Å². The molecule has 9 heteroatoms. The van der Waals surface area contributed by atoms with Crippen LogP contribution in [0.1, 0.15) is 16.1 Å². The Morgan fingerprint density at radius 1 is 1.39 bits per heavy atom. The highest BCUT2D eigenvalue weighted by atomic mass is 19.1. The van der Waals surface area contributed by atoms with Crippen LogP contribution < -0.4 is 0 Å². The van der Waals surface area contributed by atoms with Gasteiger partial charge in [0.1, 0.15) is 11.5 Å². The van der Waals surface area contributed by atoms with Crippen LogP contribution in [0, 0.1) is 12.7 Å². The summed E-state index contributed by atoms with van der Waals surface area (Å²) in [7, 11) is 1.70. The second-order valence-corrected chi connectivity index (χ2v) is 6.84. The Hall–Kier alpha value is -2.78. The topological polar surface area (TPSA) is 87.9 Å². The molecule has 1 aliphatic heterocycles. The molecule has 2 heterocycles. The lowest BCUT2D eigenvalue weighted by Gasteiger charge is -2.34. The molecule has 8 nitrogen and oxygen atoms in total. The molecular weight excluding hydrogens is 367 g/mol. The summed E-state index contributed by atoms with van der Waals surface area (Å²) in [6.45, 7) is 3.20. The highest BCUT2D eigenvalue weighted by Gasteiger charge is 2.28. The number of morpholine rings is 1. The van der Waals surface area contributed by atoms with Crippen LogP contribution in [-0.2, 0) is 9.53 Å². The van der Waals surface area contributed by atoms with E-state index in [-0.39, 0.29) is 24.2 Å². The number of rotatable bonds is 6. The van der Waals surface area contributed by atoms with E-state index >= 15 is 0 Å². The molecule has 150 valence electrons. The number of ether oxygens (including phenoxy) is 1. The number of benzene rings is 1. The molecular formula is C19H23FN4O4. The number of carbonyl (C=O) groups excluding carboxylic acids is 1. The molecule has 0 aliphatic carbocycles. The average molecular weight is 390 g/mol. The maximum absolute atomic E-state index is 14.1. The van der Waals surface area contributed by atoms with Gasteiger partial charge in [0.05, 0.1) is 36.7 Å². The van der Waals surface area contributed by atoms with Gasteiger partial charge in [0, 0.05) is 19.6 Å². The fourth-order valence-electron chi connectivity index (χ4n) is 3.31. The van der Waals surface area contributed by atoms with Crippen LogP contribution in [0.25, 0.3) is 5.69 Å². The molecule has 1 unspecified atom stereocenters. The van der Waals surface area contributed by atoms with Crippen molar-refractivity contribution in [3.63, 3.8) is 0 Å². The molecule has 0 spiro atoms. The first-order chi connectivity index (χ1) is 13.4. The van der Waals surface area contributed by atoms with Crippen LogP contribution in [0.2, 0.25) is 0 Å². The summed E-state index contributed by atoms with van der Waals surface area (Å²) in [4.78, 5) is 27.1. The Balaban J connectivity index is 1.72. The fourth-order valence-corrected chi connectivity index (χ4v) is 3.31. The molecule has 1 N–H and O–H groups in total. The van der Waals surface area contributed by atoms with Gasteiger partial charge in [-0.05, 0) is 26.1 Å². The first-order valence-electron chi connectivity index (χ1n) is 8.97. The second kappa shape index (κ2) is 8.49. The predicted octanol–water partition coefficient (Wildman–Crippen LogP) is 1.18. The molecule has 1 aliphatic rings. The molecule has 3 rings (SSSR count). The van der Waals surface area contributed by atoms with E-state index in [2.05, 4.69) is 5.10 Å². The summed E-state index contributed by atoms with van der Waals surface area (Å²) >= 11 is 0. The van der Waals surface area contributed by atoms with Gasteiger partial charge in [0.2, 0.25) is 0 Å². The Kier molecular flexibility index (Phi) is 6.05. The van der Waals surface area contributed by atoms with E-state index in [1.165, 1.54) is 16.9 Å². The summed E-state index contributed by atoms with van der Waals surface area (Å²) < 4.78 is 21.2. The van der Waals surface area contributed by atoms with E-state index in [0.717, 1.165) is 0 Å². The van der Waals surface area contributed by atoms with Crippen molar-refractivity contribution in [3.8, 4) is 5.69 Å². The molecule has 1 atom stereocenters. The van der Waals surface area contributed by atoms with Gasteiger partial charge in [-0.1, -0.05) is 12.1 Å². The zero-order valence-electron chi connectivity index (χ0n) is 15.8. The molecule has 1 saturated heterocycles. The summed E-state index contributed by atoms with van der Waals surface area (Å²) in [6, 6.07) is 6.25. The minimum Gasteiger partial charge on any atom is -0.480 e. The third-order valence-electron chi connectivity index (χ3n) is 4.67. The molecule has 1 aromatic heterocycles. The number of hydrogen-bond donors (Lipinski definition) is 1. The quantitative estimate of drug-likeness (QED) is 0.797. The fraction of sp³-hybridized carbons (Fsp3) is 0.421. The minimum absolute atomic E-state index is 0.0949. The lowest BCUT2D eigenvalue weighted by Crippen LogP contribution is -2.49. The summed E-state index contributed by atoms with van der Waals surface area (Å²) in [5.74, 6) is -1.53. The van der Waals surface area contributed by atoms with Gasteiger partial charge in [0.25, 0.3) is 5.91 Å². The SMILES string of the molecule is Cc1c(C(=O)N2CCOC(CN(C)CC(=O)O)C2)cnn1-c1ccccc1F. The maximum Gasteiger partial charge on any atom is 0.317 e. The average Bonchev–Trinajstić information content (AvgIpc) is 3.02. The van der Waals surface area contributed by atoms with Gasteiger partial charge in [-0.2, -0.15) is 5.10 Å². The monoisotopic (exact) mass is 390 g/mol. The van der Waals surface area contributed by atoms with Crippen molar-refractivity contribution in [2.75, 3.05) is 39.8 Å². The standard InChI is InChI=1S/C19H23FN4O4/c1-13-15(9-21-24(13)17-6-4-3-5-16(17)20)19(27)23-7-8-28-14(11-23)10-22(2)12-18(25)26/h3-6,9,14H,7-8,10-12H2,1-2H3,(H,25,26). The number of aromatic nitrogens is 2. The molecule has 28 heavy (non-hydrogen) atoms. The molecule has 1 aromatic carbocycles. The minimum atomic E-state index is -0.914. The van der Waals surface area contributed by atoms with Gasteiger partial charge in [0.15, 0.2) is 0 Å². The van der Waals surface area contributed by atoms with Crippen LogP contribution in [-0.4, -0.2) is 82.5 Å². The van der Waals surface area contributed by atoms with Crippen molar-refractivity contribution in [1.29, 1.82) is 0 Å². The summed E-state index contributed by atoms with van der Waals surface area (Å²) in [6.07, 6.45) is 1.18. The van der Waals surface area contributed by atoms with Gasteiger partial charge >= 0.3 is 5.97 Å². The number of carboxylic acids is 1. The zero-order chi connectivity index (χ0) is 20.3. The van der Waals surface area contributed by atoms with Crippen molar-refractivity contribution >= 4 is 11.9 Å². The number of para-hydroxylation sites is 1. The van der Waals surface area contributed by atoms with Crippen molar-refractivity contribution < 1.29 is 23.8 Å². The first kappa shape index (κ1) is 20.0. The van der Waals surface area contributed by atoms with E-state index < -0.39 is 11.8 Å². The van der Waals surface area contributed by atoms with Crippen molar-refractivity contribution in [1.82, 2.24) is 19.6 Å². The lowest BCUT2D eigenvalue weighted by atomic mass is 10.2. The van der Waals surface area contributed by atoms with Crippen LogP contribution in [0.15, 0.2) is 30.5 Å². The molecule has 0 bridgehead atoms. The molecule has 2 aromatic rings. The van der Waals surface area contributed by atoms with Gasteiger partial charge in [-0.15, -0.1) is 0 Å². The van der Waals surface area contributed by atoms with Gasteiger partial charge in [-0.3, -0.25) is 14.5 Å². The third-order valence-corrected chi connectivity index (χ3v) is 4.67. The Bertz CT molecular complexity index is 869. The van der Waals surface area contributed by atoms with Crippen molar-refractivity contribution in [2.45, 2.75) is 13.0 Å². The number of hydrogen-bond acceptors (Lipinski definition) is 5. The van der Waals surface area contributed by atoms with E-state index in [0.29, 0.717) is 37.5 Å². The van der Waals surface area contributed by atoms with Gasteiger partial charge in [-0.25, -0.2) is 9.07 Å². The van der Waals surface area contributed by atoms with Crippen LogP contribution in [0.5, 0.6) is 0 Å². The first-order valence-corrected chi connectivity index (χ1v) is 8.97. The number of nitrogens with zero attached hydrogens (tertiary/aromatic N) is 4. The zero-order valence-corrected chi connectivity index (χ0v) is 15.8. The van der Waals surface area contributed by atoms with E-state index in [9.17, 15) is 14.0 Å². The Labute approximate surface area is 162 Å². The van der Waals surface area contributed by atoms with Crippen LogP contribution >= 0.6 is 0 Å². The summed E-state index contributed by atoms with van der Waals surface area (Å²) in [5, 5.41) is 13.1. The molecule has 1 fully saturated rings. The number of carbonyl (C=O) groups is 2. The third kappa shape index (κ3) is 4.37. The predicted molar refractivity (Wildman–Crippen MR) is 99.0 cm³/mol. The number of amides is 1. The lowest BCUT2D eigenvalue weighted by molar-refractivity contribution is -0.138.